The van der Waals surface area contributed by atoms with E-state index in [1.54, 1.807) is 12.1 Å². The first kappa shape index (κ1) is 25.4. The SMILES string of the molecule is CCCCCC(C)(C)c1ccc(Oc2ccc(OCC=C(Cl)Cl)c(C(F)(F)F)c2)cc1. The van der Waals surface area contributed by atoms with Crippen LogP contribution in [0.3, 0.4) is 0 Å². The van der Waals surface area contributed by atoms with Gasteiger partial charge in [-0.1, -0.05) is 75.4 Å². The van der Waals surface area contributed by atoms with Crippen molar-refractivity contribution in [3.63, 3.8) is 0 Å². The largest absolute Gasteiger partial charge is 0.489 e. The van der Waals surface area contributed by atoms with Crippen LogP contribution in [0.2, 0.25) is 0 Å². The quantitative estimate of drug-likeness (QED) is 0.319. The third kappa shape index (κ3) is 7.97. The molecule has 0 amide bonds. The number of hydrogen-bond acceptors (Lipinski definition) is 2. The predicted molar refractivity (Wildman–Crippen MR) is 120 cm³/mol. The smallest absolute Gasteiger partial charge is 0.420 e. The first-order chi connectivity index (χ1) is 14.5. The van der Waals surface area contributed by atoms with Crippen LogP contribution in [0.4, 0.5) is 13.2 Å². The molecule has 2 nitrogen and oxygen atoms in total. The molecule has 2 aromatic carbocycles. The number of alkyl halides is 3. The average Bonchev–Trinajstić information content (AvgIpc) is 2.68. The van der Waals surface area contributed by atoms with Crippen molar-refractivity contribution in [3.8, 4) is 17.2 Å². The minimum Gasteiger partial charge on any atom is -0.489 e. The van der Waals surface area contributed by atoms with Gasteiger partial charge in [0.25, 0.3) is 0 Å². The maximum atomic E-state index is 13.5. The number of unbranched alkanes of at least 4 members (excludes halogenated alkanes) is 2. The summed E-state index contributed by atoms with van der Waals surface area (Å²) in [6, 6.07) is 11.1. The molecule has 0 spiro atoms. The Balaban J connectivity index is 2.16. The first-order valence-corrected chi connectivity index (χ1v) is 10.9. The van der Waals surface area contributed by atoms with E-state index in [2.05, 4.69) is 20.8 Å². The number of benzene rings is 2. The van der Waals surface area contributed by atoms with Gasteiger partial charge in [-0.15, -0.1) is 0 Å². The lowest BCUT2D eigenvalue weighted by molar-refractivity contribution is -0.139. The molecule has 0 saturated carbocycles. The van der Waals surface area contributed by atoms with E-state index in [0.29, 0.717) is 5.75 Å². The van der Waals surface area contributed by atoms with Gasteiger partial charge in [-0.3, -0.25) is 0 Å². The van der Waals surface area contributed by atoms with E-state index in [1.165, 1.54) is 36.6 Å². The molecule has 0 aliphatic heterocycles. The molecule has 2 aromatic rings. The summed E-state index contributed by atoms with van der Waals surface area (Å²) in [6.45, 7) is 6.38. The van der Waals surface area contributed by atoms with E-state index < -0.39 is 11.7 Å². The van der Waals surface area contributed by atoms with Gasteiger partial charge in [-0.25, -0.2) is 0 Å². The molecule has 0 unspecified atom stereocenters. The van der Waals surface area contributed by atoms with Gasteiger partial charge in [0.2, 0.25) is 0 Å². The van der Waals surface area contributed by atoms with E-state index in [0.717, 1.165) is 18.9 Å². The van der Waals surface area contributed by atoms with Crippen LogP contribution in [-0.2, 0) is 11.6 Å². The van der Waals surface area contributed by atoms with Crippen LogP contribution in [0.1, 0.15) is 57.6 Å². The van der Waals surface area contributed by atoms with Gasteiger partial charge in [0, 0.05) is 0 Å². The Labute approximate surface area is 192 Å². The summed E-state index contributed by atoms with van der Waals surface area (Å²) in [4.78, 5) is 0. The highest BCUT2D eigenvalue weighted by Gasteiger charge is 2.35. The van der Waals surface area contributed by atoms with E-state index in [4.69, 9.17) is 32.7 Å². The highest BCUT2D eigenvalue weighted by molar-refractivity contribution is 6.55. The summed E-state index contributed by atoms with van der Waals surface area (Å²) < 4.78 is 51.1. The molecule has 0 atom stereocenters. The molecule has 0 heterocycles. The monoisotopic (exact) mass is 474 g/mol. The Bertz CT molecular complexity index is 871. The fourth-order valence-electron chi connectivity index (χ4n) is 3.19. The van der Waals surface area contributed by atoms with Crippen LogP contribution in [0.25, 0.3) is 0 Å². The number of rotatable bonds is 10. The summed E-state index contributed by atoms with van der Waals surface area (Å²) in [7, 11) is 0. The first-order valence-electron chi connectivity index (χ1n) is 10.2. The van der Waals surface area contributed by atoms with Crippen molar-refractivity contribution in [3.05, 3.63) is 64.2 Å². The minimum atomic E-state index is -4.60. The van der Waals surface area contributed by atoms with Crippen molar-refractivity contribution in [2.75, 3.05) is 6.61 Å². The summed E-state index contributed by atoms with van der Waals surface area (Å²) in [6.07, 6.45) is 1.25. The molecule has 170 valence electrons. The standard InChI is InChI=1S/C24H27Cl2F3O2/c1-4-5-6-14-23(2,3)17-7-9-18(10-8-17)31-19-11-12-21(30-15-13-22(25)26)20(16-19)24(27,28)29/h7-13,16H,4-6,14-15H2,1-3H3. The van der Waals surface area contributed by atoms with Crippen LogP contribution in [0.15, 0.2) is 53.0 Å². The molecule has 0 saturated heterocycles. The van der Waals surface area contributed by atoms with Crippen LogP contribution >= 0.6 is 23.2 Å². The van der Waals surface area contributed by atoms with E-state index in [1.807, 2.05) is 12.1 Å². The zero-order valence-corrected chi connectivity index (χ0v) is 19.4. The topological polar surface area (TPSA) is 18.5 Å². The lowest BCUT2D eigenvalue weighted by Gasteiger charge is -2.25. The number of halogens is 5. The summed E-state index contributed by atoms with van der Waals surface area (Å²) >= 11 is 10.9. The second kappa shape index (κ2) is 11.1. The number of ether oxygens (including phenoxy) is 2. The Morgan fingerprint density at radius 1 is 0.968 bits per heavy atom. The van der Waals surface area contributed by atoms with Crippen molar-refractivity contribution < 1.29 is 22.6 Å². The predicted octanol–water partition coefficient (Wildman–Crippen LogP) is 9.05. The van der Waals surface area contributed by atoms with Crippen molar-refractivity contribution in [1.29, 1.82) is 0 Å². The molecule has 0 N–H and O–H groups in total. The number of hydrogen-bond donors (Lipinski definition) is 0. The lowest BCUT2D eigenvalue weighted by Crippen LogP contribution is -2.16. The fourth-order valence-corrected chi connectivity index (χ4v) is 3.31. The highest BCUT2D eigenvalue weighted by Crippen LogP contribution is 2.39. The molecule has 0 fully saturated rings. The molecule has 0 radical (unpaired) electrons. The van der Waals surface area contributed by atoms with Crippen LogP contribution in [0, 0.1) is 0 Å². The molecule has 0 bridgehead atoms. The molecular weight excluding hydrogens is 448 g/mol. The third-order valence-corrected chi connectivity index (χ3v) is 5.32. The van der Waals surface area contributed by atoms with Gasteiger partial charge >= 0.3 is 6.18 Å². The zero-order valence-electron chi connectivity index (χ0n) is 17.9. The Kier molecular flexibility index (Phi) is 9.14. The molecule has 0 aliphatic rings. The Hall–Kier alpha value is -1.85. The van der Waals surface area contributed by atoms with Crippen LogP contribution < -0.4 is 9.47 Å². The normalized spacial score (nSPS) is 11.9. The molecule has 2 rings (SSSR count). The van der Waals surface area contributed by atoms with Gasteiger partial charge in [-0.05, 0) is 53.8 Å². The molecular formula is C24H27Cl2F3O2. The van der Waals surface area contributed by atoms with Gasteiger partial charge < -0.3 is 9.47 Å². The van der Waals surface area contributed by atoms with Crippen LogP contribution in [0.5, 0.6) is 17.2 Å². The van der Waals surface area contributed by atoms with Gasteiger partial charge in [0.15, 0.2) is 0 Å². The minimum absolute atomic E-state index is 0.0243. The Morgan fingerprint density at radius 2 is 1.61 bits per heavy atom. The third-order valence-electron chi connectivity index (χ3n) is 5.01. The second-order valence-corrected chi connectivity index (χ2v) is 8.94. The van der Waals surface area contributed by atoms with Crippen molar-refractivity contribution >= 4 is 23.2 Å². The van der Waals surface area contributed by atoms with Gasteiger partial charge in [0.1, 0.15) is 33.9 Å². The molecule has 0 aliphatic carbocycles. The van der Waals surface area contributed by atoms with Gasteiger partial charge in [-0.2, -0.15) is 13.2 Å². The van der Waals surface area contributed by atoms with E-state index in [-0.39, 0.29) is 28.0 Å². The van der Waals surface area contributed by atoms with Crippen molar-refractivity contribution in [2.24, 2.45) is 0 Å². The van der Waals surface area contributed by atoms with Crippen molar-refractivity contribution in [2.45, 2.75) is 58.0 Å². The van der Waals surface area contributed by atoms with E-state index >= 15 is 0 Å². The zero-order chi connectivity index (χ0) is 23.1. The fraction of sp³-hybridized carbons (Fsp3) is 0.417. The Morgan fingerprint density at radius 3 is 2.19 bits per heavy atom. The maximum Gasteiger partial charge on any atom is 0.420 e. The van der Waals surface area contributed by atoms with Gasteiger partial charge in [0.05, 0.1) is 0 Å². The summed E-state index contributed by atoms with van der Waals surface area (Å²) in [5, 5.41) is 0. The second-order valence-electron chi connectivity index (χ2n) is 7.93. The highest BCUT2D eigenvalue weighted by atomic mass is 35.5. The lowest BCUT2D eigenvalue weighted by atomic mass is 9.80. The van der Waals surface area contributed by atoms with Crippen LogP contribution in [-0.4, -0.2) is 6.61 Å². The summed E-state index contributed by atoms with van der Waals surface area (Å²) in [5.74, 6) is 0.210. The molecule has 31 heavy (non-hydrogen) atoms. The molecule has 7 heteroatoms. The summed E-state index contributed by atoms with van der Waals surface area (Å²) in [5.41, 5.74) is 0.260. The average molecular weight is 475 g/mol. The molecule has 0 aromatic heterocycles. The maximum absolute atomic E-state index is 13.5. The van der Waals surface area contributed by atoms with Crippen molar-refractivity contribution in [1.82, 2.24) is 0 Å². The van der Waals surface area contributed by atoms with E-state index in [9.17, 15) is 13.2 Å².